The van der Waals surface area contributed by atoms with Crippen molar-refractivity contribution in [3.05, 3.63) is 71.4 Å². The fourth-order valence-electron chi connectivity index (χ4n) is 3.19. The number of fused-ring (bicyclic) bond motifs is 1. The molecule has 7 heteroatoms. The van der Waals surface area contributed by atoms with Crippen LogP contribution in [-0.2, 0) is 13.0 Å². The van der Waals surface area contributed by atoms with Crippen molar-refractivity contribution < 1.29 is 4.79 Å². The van der Waals surface area contributed by atoms with E-state index >= 15 is 0 Å². The van der Waals surface area contributed by atoms with Crippen molar-refractivity contribution >= 4 is 46.7 Å². The van der Waals surface area contributed by atoms with Crippen LogP contribution < -0.4 is 16.0 Å². The van der Waals surface area contributed by atoms with Gasteiger partial charge in [-0.25, -0.2) is 4.99 Å². The van der Waals surface area contributed by atoms with Crippen molar-refractivity contribution in [3.8, 4) is 0 Å². The van der Waals surface area contributed by atoms with Crippen LogP contribution in [0.25, 0.3) is 10.9 Å². The molecule has 0 bridgehead atoms. The second-order valence-corrected chi connectivity index (χ2v) is 6.79. The number of nitrogens with zero attached hydrogens (tertiary/aromatic N) is 1. The van der Waals surface area contributed by atoms with E-state index in [0.717, 1.165) is 31.0 Å². The van der Waals surface area contributed by atoms with Gasteiger partial charge in [0.1, 0.15) is 0 Å². The minimum atomic E-state index is -0.0464. The highest BCUT2D eigenvalue weighted by Gasteiger charge is 2.05. The predicted octanol–water partition coefficient (Wildman–Crippen LogP) is 3.83. The van der Waals surface area contributed by atoms with Crippen molar-refractivity contribution in [2.75, 3.05) is 19.6 Å². The molecule has 3 aromatic rings. The molecule has 0 radical (unpaired) electrons. The topological polar surface area (TPSA) is 81.3 Å². The number of aromatic nitrogens is 1. The Hall–Kier alpha value is -2.55. The number of hydrogen-bond donors (Lipinski definition) is 4. The van der Waals surface area contributed by atoms with Crippen molar-refractivity contribution in [3.63, 3.8) is 0 Å². The molecular weight excluding hydrogens is 489 g/mol. The Bertz CT molecular complexity index is 965. The number of carbonyl (C=O) groups is 1. The van der Waals surface area contributed by atoms with E-state index in [-0.39, 0.29) is 29.9 Å². The minimum Gasteiger partial charge on any atom is -0.361 e. The SMILES string of the molecule is CCNC(=O)c1ccc(CN=C(NCC)NCCc2c[nH]c3ccccc23)cc1.I. The maximum atomic E-state index is 11.8. The van der Waals surface area contributed by atoms with Crippen LogP contribution in [0.2, 0.25) is 0 Å². The molecule has 0 aliphatic rings. The first-order chi connectivity index (χ1) is 14.2. The molecule has 6 nitrogen and oxygen atoms in total. The number of nitrogens with one attached hydrogen (secondary N) is 4. The van der Waals surface area contributed by atoms with Gasteiger partial charge in [0.05, 0.1) is 6.54 Å². The molecule has 0 unspecified atom stereocenters. The summed E-state index contributed by atoms with van der Waals surface area (Å²) in [7, 11) is 0. The summed E-state index contributed by atoms with van der Waals surface area (Å²) < 4.78 is 0. The molecular formula is C23H30IN5O. The third-order valence-corrected chi connectivity index (χ3v) is 4.68. The maximum Gasteiger partial charge on any atom is 0.251 e. The molecule has 0 saturated heterocycles. The van der Waals surface area contributed by atoms with Gasteiger partial charge in [0, 0.05) is 42.3 Å². The van der Waals surface area contributed by atoms with Crippen LogP contribution in [0.1, 0.15) is 35.3 Å². The Morgan fingerprint density at radius 2 is 1.70 bits per heavy atom. The number of rotatable bonds is 8. The lowest BCUT2D eigenvalue weighted by Gasteiger charge is -2.11. The average Bonchev–Trinajstić information content (AvgIpc) is 3.16. The van der Waals surface area contributed by atoms with Gasteiger partial charge in [-0.05, 0) is 49.6 Å². The standard InChI is InChI=1S/C23H29N5O.HI/c1-3-24-22(29)18-11-9-17(10-12-18)15-28-23(25-4-2)26-14-13-19-16-27-21-8-6-5-7-20(19)21;/h5-12,16,27H,3-4,13-15H2,1-2H3,(H,24,29)(H2,25,26,28);1H. The van der Waals surface area contributed by atoms with E-state index in [1.54, 1.807) is 0 Å². The fraction of sp³-hybridized carbons (Fsp3) is 0.304. The molecule has 3 rings (SSSR count). The number of hydrogen-bond acceptors (Lipinski definition) is 2. The third-order valence-electron chi connectivity index (χ3n) is 4.68. The Balaban J connectivity index is 0.00000320. The van der Waals surface area contributed by atoms with E-state index in [1.807, 2.05) is 37.3 Å². The molecule has 0 fully saturated rings. The lowest BCUT2D eigenvalue weighted by atomic mass is 10.1. The first kappa shape index (κ1) is 23.7. The van der Waals surface area contributed by atoms with Crippen molar-refractivity contribution in [1.82, 2.24) is 20.9 Å². The molecule has 0 saturated carbocycles. The second-order valence-electron chi connectivity index (χ2n) is 6.79. The summed E-state index contributed by atoms with van der Waals surface area (Å²) in [5.41, 5.74) is 4.19. The summed E-state index contributed by atoms with van der Waals surface area (Å²) in [5, 5.41) is 10.8. The summed E-state index contributed by atoms with van der Waals surface area (Å²) in [6.07, 6.45) is 2.99. The summed E-state index contributed by atoms with van der Waals surface area (Å²) in [4.78, 5) is 19.8. The maximum absolute atomic E-state index is 11.8. The molecule has 0 atom stereocenters. The minimum absolute atomic E-state index is 0. The van der Waals surface area contributed by atoms with Crippen molar-refractivity contribution in [2.24, 2.45) is 4.99 Å². The zero-order valence-electron chi connectivity index (χ0n) is 17.5. The van der Waals surface area contributed by atoms with E-state index in [0.29, 0.717) is 18.7 Å². The Morgan fingerprint density at radius 1 is 0.967 bits per heavy atom. The van der Waals surface area contributed by atoms with Crippen LogP contribution in [-0.4, -0.2) is 36.5 Å². The van der Waals surface area contributed by atoms with Crippen molar-refractivity contribution in [2.45, 2.75) is 26.8 Å². The molecule has 1 aromatic heterocycles. The number of H-pyrrole nitrogens is 1. The number of halogens is 1. The smallest absolute Gasteiger partial charge is 0.251 e. The van der Waals surface area contributed by atoms with Crippen LogP contribution in [0.4, 0.5) is 0 Å². The number of benzene rings is 2. The van der Waals surface area contributed by atoms with Gasteiger partial charge in [0.15, 0.2) is 5.96 Å². The van der Waals surface area contributed by atoms with Crippen molar-refractivity contribution in [1.29, 1.82) is 0 Å². The average molecular weight is 519 g/mol. The monoisotopic (exact) mass is 519 g/mol. The van der Waals surface area contributed by atoms with E-state index in [1.165, 1.54) is 16.5 Å². The Kier molecular flexibility index (Phi) is 9.66. The summed E-state index contributed by atoms with van der Waals surface area (Å²) in [6, 6.07) is 15.9. The van der Waals surface area contributed by atoms with E-state index < -0.39 is 0 Å². The second kappa shape index (κ2) is 12.2. The van der Waals surface area contributed by atoms with Gasteiger partial charge in [-0.15, -0.1) is 24.0 Å². The normalized spacial score (nSPS) is 11.1. The van der Waals surface area contributed by atoms with Gasteiger partial charge >= 0.3 is 0 Å². The highest BCUT2D eigenvalue weighted by Crippen LogP contribution is 2.17. The number of para-hydroxylation sites is 1. The lowest BCUT2D eigenvalue weighted by molar-refractivity contribution is 0.0956. The molecule has 0 aliphatic carbocycles. The van der Waals surface area contributed by atoms with E-state index in [9.17, 15) is 4.79 Å². The molecule has 30 heavy (non-hydrogen) atoms. The van der Waals surface area contributed by atoms with Gasteiger partial charge in [0.2, 0.25) is 0 Å². The van der Waals surface area contributed by atoms with Crippen LogP contribution in [0.5, 0.6) is 0 Å². The Labute approximate surface area is 195 Å². The number of aliphatic imine (C=N–C) groups is 1. The summed E-state index contributed by atoms with van der Waals surface area (Å²) in [5.74, 6) is 0.745. The van der Waals surface area contributed by atoms with Gasteiger partial charge in [0.25, 0.3) is 5.91 Å². The molecule has 2 aromatic carbocycles. The zero-order chi connectivity index (χ0) is 20.5. The molecule has 1 amide bonds. The van der Waals surface area contributed by atoms with E-state index in [4.69, 9.17) is 0 Å². The third kappa shape index (κ3) is 6.48. The summed E-state index contributed by atoms with van der Waals surface area (Å²) >= 11 is 0. The van der Waals surface area contributed by atoms with Gasteiger partial charge < -0.3 is 20.9 Å². The van der Waals surface area contributed by atoms with Crippen LogP contribution in [0.15, 0.2) is 59.7 Å². The number of carbonyl (C=O) groups excluding carboxylic acids is 1. The highest BCUT2D eigenvalue weighted by atomic mass is 127. The zero-order valence-corrected chi connectivity index (χ0v) is 19.8. The van der Waals surface area contributed by atoms with E-state index in [2.05, 4.69) is 57.2 Å². The first-order valence-corrected chi connectivity index (χ1v) is 10.2. The quantitative estimate of drug-likeness (QED) is 0.208. The van der Waals surface area contributed by atoms with Gasteiger partial charge in [-0.2, -0.15) is 0 Å². The summed E-state index contributed by atoms with van der Waals surface area (Å²) in [6.45, 7) is 6.74. The van der Waals surface area contributed by atoms with Crippen LogP contribution in [0, 0.1) is 0 Å². The molecule has 1 heterocycles. The van der Waals surface area contributed by atoms with Gasteiger partial charge in [-0.3, -0.25) is 4.79 Å². The molecule has 4 N–H and O–H groups in total. The number of amides is 1. The molecule has 160 valence electrons. The van der Waals surface area contributed by atoms with Crippen LogP contribution in [0.3, 0.4) is 0 Å². The van der Waals surface area contributed by atoms with Crippen LogP contribution >= 0.6 is 24.0 Å². The first-order valence-electron chi connectivity index (χ1n) is 10.2. The Morgan fingerprint density at radius 3 is 2.43 bits per heavy atom. The predicted molar refractivity (Wildman–Crippen MR) is 135 cm³/mol. The van der Waals surface area contributed by atoms with Gasteiger partial charge in [-0.1, -0.05) is 30.3 Å². The largest absolute Gasteiger partial charge is 0.361 e. The fourth-order valence-corrected chi connectivity index (χ4v) is 3.19. The number of aromatic amines is 1. The molecule has 0 spiro atoms. The molecule has 0 aliphatic heterocycles. The number of guanidine groups is 1. The highest BCUT2D eigenvalue weighted by molar-refractivity contribution is 14.0. The lowest BCUT2D eigenvalue weighted by Crippen LogP contribution is -2.38.